The molecule has 3 aliphatic heterocycles. The van der Waals surface area contributed by atoms with E-state index in [1.807, 2.05) is 12.4 Å². The minimum absolute atomic E-state index is 0.0984. The summed E-state index contributed by atoms with van der Waals surface area (Å²) in [7, 11) is 0. The lowest BCUT2D eigenvalue weighted by atomic mass is 9.77. The van der Waals surface area contributed by atoms with Crippen LogP contribution in [-0.2, 0) is 9.59 Å². The monoisotopic (exact) mass is 701 g/mol. The summed E-state index contributed by atoms with van der Waals surface area (Å²) in [4.78, 5) is 65.8. The van der Waals surface area contributed by atoms with E-state index in [0.29, 0.717) is 12.0 Å². The van der Waals surface area contributed by atoms with Crippen LogP contribution < -0.4 is 15.5 Å². The molecule has 5 heterocycles. The highest BCUT2D eigenvalue weighted by Gasteiger charge is 2.44. The van der Waals surface area contributed by atoms with Gasteiger partial charge in [0.1, 0.15) is 6.04 Å². The molecular weight excluding hydrogens is 658 g/mol. The third-order valence-corrected chi connectivity index (χ3v) is 11.8. The SMILES string of the molecule is O=C1CCC(N2C(=O)c3ccc(NCCC[C@H]4C[C@H](n5cc(-c6cnc7ccc(N8CCN(C9CCC9)CC8)cc7n6)cn5)C4)cc3C2=O)C(=O)N1. The smallest absolute Gasteiger partial charge is 0.262 e. The highest BCUT2D eigenvalue weighted by Crippen LogP contribution is 2.41. The number of amides is 4. The van der Waals surface area contributed by atoms with E-state index in [-0.39, 0.29) is 29.9 Å². The first-order chi connectivity index (χ1) is 25.4. The Hall–Kier alpha value is -5.17. The number of nitrogens with one attached hydrogen (secondary N) is 2. The number of carbonyl (C=O) groups is 4. The van der Waals surface area contributed by atoms with Gasteiger partial charge in [-0.05, 0) is 87.3 Å². The van der Waals surface area contributed by atoms with E-state index in [4.69, 9.17) is 15.1 Å². The molecule has 4 aromatic rings. The second kappa shape index (κ2) is 13.4. The molecule has 13 heteroatoms. The number of nitrogens with zero attached hydrogens (tertiary/aromatic N) is 7. The summed E-state index contributed by atoms with van der Waals surface area (Å²) in [5.74, 6) is -1.36. The van der Waals surface area contributed by atoms with Gasteiger partial charge >= 0.3 is 0 Å². The Morgan fingerprint density at radius 3 is 2.46 bits per heavy atom. The lowest BCUT2D eigenvalue weighted by Crippen LogP contribution is -2.54. The van der Waals surface area contributed by atoms with Crippen molar-refractivity contribution >= 4 is 46.0 Å². The molecule has 4 fully saturated rings. The number of piperidine rings is 1. The molecule has 0 spiro atoms. The minimum atomic E-state index is -0.963. The van der Waals surface area contributed by atoms with Crippen molar-refractivity contribution in [3.63, 3.8) is 0 Å². The van der Waals surface area contributed by atoms with Crippen molar-refractivity contribution in [3.05, 3.63) is 66.1 Å². The van der Waals surface area contributed by atoms with Crippen molar-refractivity contribution in [3.8, 4) is 11.3 Å². The Morgan fingerprint density at radius 1 is 0.846 bits per heavy atom. The van der Waals surface area contributed by atoms with Crippen LogP contribution in [0.15, 0.2) is 55.0 Å². The van der Waals surface area contributed by atoms with Gasteiger partial charge < -0.3 is 10.2 Å². The summed E-state index contributed by atoms with van der Waals surface area (Å²) >= 11 is 0. The number of carbonyl (C=O) groups excluding carboxylic acids is 4. The maximum absolute atomic E-state index is 13.1. The number of hydrogen-bond donors (Lipinski definition) is 2. The molecule has 0 radical (unpaired) electrons. The molecule has 9 rings (SSSR count). The fraction of sp³-hybridized carbons (Fsp3) is 0.462. The Balaban J connectivity index is 0.749. The average molecular weight is 702 g/mol. The van der Waals surface area contributed by atoms with Gasteiger partial charge in [0.15, 0.2) is 0 Å². The lowest BCUT2D eigenvalue weighted by Gasteiger charge is -2.43. The molecule has 268 valence electrons. The molecule has 2 aromatic carbocycles. The van der Waals surface area contributed by atoms with Crippen molar-refractivity contribution < 1.29 is 19.2 Å². The first-order valence-corrected chi connectivity index (χ1v) is 18.8. The normalized spacial score (nSPS) is 23.8. The number of rotatable bonds is 10. The van der Waals surface area contributed by atoms with Gasteiger partial charge in [-0.25, -0.2) is 4.98 Å². The highest BCUT2D eigenvalue weighted by molar-refractivity contribution is 6.23. The third-order valence-electron chi connectivity index (χ3n) is 11.8. The van der Waals surface area contributed by atoms with Gasteiger partial charge in [0.25, 0.3) is 11.8 Å². The zero-order valence-corrected chi connectivity index (χ0v) is 29.2. The van der Waals surface area contributed by atoms with Crippen molar-refractivity contribution in [1.82, 2.24) is 34.9 Å². The molecule has 5 aliphatic rings. The average Bonchev–Trinajstić information content (AvgIpc) is 3.69. The van der Waals surface area contributed by atoms with E-state index < -0.39 is 23.8 Å². The molecule has 2 saturated carbocycles. The molecule has 1 unspecified atom stereocenters. The summed E-state index contributed by atoms with van der Waals surface area (Å²) in [5, 5.41) is 10.3. The summed E-state index contributed by atoms with van der Waals surface area (Å²) in [6, 6.07) is 11.8. The lowest BCUT2D eigenvalue weighted by molar-refractivity contribution is -0.136. The van der Waals surface area contributed by atoms with Gasteiger partial charge in [0.2, 0.25) is 11.8 Å². The van der Waals surface area contributed by atoms with Crippen LogP contribution in [-0.4, -0.2) is 98.0 Å². The summed E-state index contributed by atoms with van der Waals surface area (Å²) in [6.45, 7) is 5.10. The Labute approximate surface area is 301 Å². The van der Waals surface area contributed by atoms with Gasteiger partial charge in [-0.1, -0.05) is 6.42 Å². The Morgan fingerprint density at radius 2 is 1.67 bits per heavy atom. The maximum atomic E-state index is 13.1. The highest BCUT2D eigenvalue weighted by atomic mass is 16.2. The van der Waals surface area contributed by atoms with E-state index in [1.165, 1.54) is 24.9 Å². The first-order valence-electron chi connectivity index (χ1n) is 18.8. The number of imide groups is 2. The molecule has 2 saturated heterocycles. The number of benzene rings is 2. The van der Waals surface area contributed by atoms with Crippen LogP contribution in [0.1, 0.15) is 84.5 Å². The summed E-state index contributed by atoms with van der Waals surface area (Å²) < 4.78 is 2.08. The number of fused-ring (bicyclic) bond motifs is 2. The molecule has 1 atom stereocenters. The Bertz CT molecular complexity index is 2060. The van der Waals surface area contributed by atoms with Crippen LogP contribution in [0.4, 0.5) is 11.4 Å². The van der Waals surface area contributed by atoms with Crippen molar-refractivity contribution in [2.75, 3.05) is 42.9 Å². The standard InChI is InChI=1S/C39H43N9O4/c49-36-11-10-35(37(50)44-36)48-38(51)30-8-6-26(19-31(30)39(48)52)40-12-2-3-24-17-29(18-24)47-23-25(21-42-47)34-22-41-32-9-7-28(20-33(32)43-34)46-15-13-45(14-16-46)27-4-1-5-27/h6-9,19-24,27,29,35,40H,1-5,10-18H2,(H,44,49,50)/t24-,29-,35?. The summed E-state index contributed by atoms with van der Waals surface area (Å²) in [5.41, 5.74) is 6.19. The zero-order valence-electron chi connectivity index (χ0n) is 29.2. The molecule has 2 N–H and O–H groups in total. The van der Waals surface area contributed by atoms with Crippen LogP contribution in [0, 0.1) is 5.92 Å². The number of anilines is 2. The third kappa shape index (κ3) is 6.10. The van der Waals surface area contributed by atoms with Crippen molar-refractivity contribution in [1.29, 1.82) is 0 Å². The van der Waals surface area contributed by atoms with Crippen LogP contribution >= 0.6 is 0 Å². The molecule has 2 aliphatic carbocycles. The van der Waals surface area contributed by atoms with E-state index in [2.05, 4.69) is 49.5 Å². The maximum Gasteiger partial charge on any atom is 0.262 e. The van der Waals surface area contributed by atoms with E-state index >= 15 is 0 Å². The Kier molecular flexibility index (Phi) is 8.45. The predicted octanol–water partition coefficient (Wildman–Crippen LogP) is 4.41. The van der Waals surface area contributed by atoms with Gasteiger partial charge in [-0.2, -0.15) is 5.10 Å². The molecule has 13 nitrogen and oxygen atoms in total. The van der Waals surface area contributed by atoms with Gasteiger partial charge in [-0.15, -0.1) is 0 Å². The second-order valence-electron chi connectivity index (χ2n) is 15.0. The number of aromatic nitrogens is 4. The quantitative estimate of drug-likeness (QED) is 0.180. The van der Waals surface area contributed by atoms with Gasteiger partial charge in [0.05, 0.1) is 46.3 Å². The fourth-order valence-electron chi connectivity index (χ4n) is 8.46. The van der Waals surface area contributed by atoms with E-state index in [1.54, 1.807) is 18.2 Å². The molecule has 0 bridgehead atoms. The van der Waals surface area contributed by atoms with E-state index in [0.717, 1.165) is 97.3 Å². The van der Waals surface area contributed by atoms with E-state index in [9.17, 15) is 19.2 Å². The number of hydrogen-bond acceptors (Lipinski definition) is 10. The topological polar surface area (TPSA) is 146 Å². The molecule has 2 aromatic heterocycles. The van der Waals surface area contributed by atoms with Gasteiger partial charge in [0, 0.05) is 68.3 Å². The first kappa shape index (κ1) is 32.7. The van der Waals surface area contributed by atoms with Gasteiger partial charge in [-0.3, -0.25) is 44.0 Å². The van der Waals surface area contributed by atoms with Crippen LogP contribution in [0.2, 0.25) is 0 Å². The minimum Gasteiger partial charge on any atom is -0.385 e. The molecule has 52 heavy (non-hydrogen) atoms. The van der Waals surface area contributed by atoms with Crippen LogP contribution in [0.25, 0.3) is 22.3 Å². The number of piperazine rings is 1. The zero-order chi connectivity index (χ0) is 35.3. The fourth-order valence-corrected chi connectivity index (χ4v) is 8.46. The van der Waals surface area contributed by atoms with Crippen LogP contribution in [0.5, 0.6) is 0 Å². The summed E-state index contributed by atoms with van der Waals surface area (Å²) in [6.07, 6.45) is 14.4. The van der Waals surface area contributed by atoms with Crippen LogP contribution in [0.3, 0.4) is 0 Å². The molecular formula is C39H43N9O4. The predicted molar refractivity (Wildman–Crippen MR) is 195 cm³/mol. The van der Waals surface area contributed by atoms with Crippen molar-refractivity contribution in [2.45, 2.75) is 75.9 Å². The largest absolute Gasteiger partial charge is 0.385 e. The molecule has 4 amide bonds. The second-order valence-corrected chi connectivity index (χ2v) is 15.0. The van der Waals surface area contributed by atoms with Crippen molar-refractivity contribution in [2.24, 2.45) is 5.92 Å².